The fourth-order valence-electron chi connectivity index (χ4n) is 1.01. The quantitative estimate of drug-likeness (QED) is 0.552. The fourth-order valence-corrected chi connectivity index (χ4v) is 1.01. The molecule has 11 heavy (non-hydrogen) atoms. The SMILES string of the molecule is C.C=C[N+](C)(C)CC(C)CC. The summed E-state index contributed by atoms with van der Waals surface area (Å²) in [5.74, 6) is 0.799. The topological polar surface area (TPSA) is 0 Å². The predicted molar refractivity (Wildman–Crippen MR) is 53.4 cm³/mol. The van der Waals surface area contributed by atoms with Crippen LogP contribution in [0.15, 0.2) is 12.8 Å². The molecule has 0 aromatic carbocycles. The second-order valence-electron chi connectivity index (χ2n) is 3.66. The molecule has 0 spiro atoms. The maximum atomic E-state index is 3.79. The monoisotopic (exact) mass is 158 g/mol. The Labute approximate surface area is 72.3 Å². The van der Waals surface area contributed by atoms with E-state index in [2.05, 4.69) is 34.5 Å². The first-order chi connectivity index (χ1) is 4.52. The summed E-state index contributed by atoms with van der Waals surface area (Å²) in [5.41, 5.74) is 0. The first-order valence-electron chi connectivity index (χ1n) is 3.98. The number of hydrogen-bond donors (Lipinski definition) is 0. The molecule has 0 rings (SSSR count). The lowest BCUT2D eigenvalue weighted by Crippen LogP contribution is -2.36. The zero-order valence-electron chi connectivity index (χ0n) is 7.72. The van der Waals surface area contributed by atoms with E-state index in [-0.39, 0.29) is 7.43 Å². The van der Waals surface area contributed by atoms with Gasteiger partial charge < -0.3 is 4.48 Å². The van der Waals surface area contributed by atoms with Gasteiger partial charge in [-0.05, 0) is 13.0 Å². The first kappa shape index (κ1) is 13.3. The van der Waals surface area contributed by atoms with Crippen LogP contribution in [0.25, 0.3) is 0 Å². The molecule has 1 atom stereocenters. The lowest BCUT2D eigenvalue weighted by atomic mass is 10.1. The summed E-state index contributed by atoms with van der Waals surface area (Å²) < 4.78 is 0.926. The van der Waals surface area contributed by atoms with Gasteiger partial charge in [0.2, 0.25) is 0 Å². The van der Waals surface area contributed by atoms with Crippen molar-refractivity contribution >= 4 is 0 Å². The van der Waals surface area contributed by atoms with E-state index in [1.165, 1.54) is 13.0 Å². The zero-order chi connectivity index (χ0) is 8.20. The highest BCUT2D eigenvalue weighted by atomic mass is 15.3. The number of nitrogens with zero attached hydrogens (tertiary/aromatic N) is 1. The number of hydrogen-bond acceptors (Lipinski definition) is 0. The van der Waals surface area contributed by atoms with E-state index in [4.69, 9.17) is 0 Å². The van der Waals surface area contributed by atoms with Crippen LogP contribution in [0.3, 0.4) is 0 Å². The Bertz CT molecular complexity index is 105. The lowest BCUT2D eigenvalue weighted by molar-refractivity contribution is -0.842. The van der Waals surface area contributed by atoms with Gasteiger partial charge >= 0.3 is 0 Å². The van der Waals surface area contributed by atoms with E-state index in [0.717, 1.165) is 10.4 Å². The lowest BCUT2D eigenvalue weighted by Gasteiger charge is -2.27. The second-order valence-corrected chi connectivity index (χ2v) is 3.66. The van der Waals surface area contributed by atoms with Gasteiger partial charge in [0.25, 0.3) is 0 Å². The second kappa shape index (κ2) is 5.36. The summed E-state index contributed by atoms with van der Waals surface area (Å²) in [6.07, 6.45) is 3.25. The van der Waals surface area contributed by atoms with Crippen LogP contribution < -0.4 is 0 Å². The molecular weight excluding hydrogens is 134 g/mol. The van der Waals surface area contributed by atoms with Crippen LogP contribution in [0.5, 0.6) is 0 Å². The smallest absolute Gasteiger partial charge is 0.0881 e. The molecule has 0 fully saturated rings. The van der Waals surface area contributed by atoms with Crippen molar-refractivity contribution in [1.29, 1.82) is 0 Å². The van der Waals surface area contributed by atoms with Gasteiger partial charge in [-0.3, -0.25) is 0 Å². The van der Waals surface area contributed by atoms with Gasteiger partial charge in [-0.1, -0.05) is 21.3 Å². The highest BCUT2D eigenvalue weighted by molar-refractivity contribution is 4.55. The van der Waals surface area contributed by atoms with Crippen molar-refractivity contribution in [2.75, 3.05) is 20.6 Å². The van der Waals surface area contributed by atoms with Gasteiger partial charge in [0.1, 0.15) is 0 Å². The largest absolute Gasteiger partial charge is 0.302 e. The van der Waals surface area contributed by atoms with E-state index >= 15 is 0 Å². The van der Waals surface area contributed by atoms with Crippen LogP contribution in [0.2, 0.25) is 0 Å². The van der Waals surface area contributed by atoms with Crippen molar-refractivity contribution in [3.63, 3.8) is 0 Å². The van der Waals surface area contributed by atoms with E-state index in [1.807, 2.05) is 6.20 Å². The van der Waals surface area contributed by atoms with E-state index < -0.39 is 0 Å². The van der Waals surface area contributed by atoms with E-state index in [1.54, 1.807) is 0 Å². The van der Waals surface area contributed by atoms with Crippen molar-refractivity contribution in [3.05, 3.63) is 12.8 Å². The minimum Gasteiger partial charge on any atom is -0.302 e. The number of quaternary nitrogens is 1. The van der Waals surface area contributed by atoms with Gasteiger partial charge in [0, 0.05) is 5.92 Å². The zero-order valence-corrected chi connectivity index (χ0v) is 7.72. The molecule has 0 aromatic rings. The average molecular weight is 158 g/mol. The molecule has 0 aliphatic carbocycles. The summed E-state index contributed by atoms with van der Waals surface area (Å²) in [7, 11) is 4.36. The van der Waals surface area contributed by atoms with Crippen LogP contribution in [0.1, 0.15) is 27.7 Å². The van der Waals surface area contributed by atoms with Crippen LogP contribution in [-0.2, 0) is 0 Å². The molecule has 0 bridgehead atoms. The molecule has 0 saturated carbocycles. The summed E-state index contributed by atoms with van der Waals surface area (Å²) >= 11 is 0. The average Bonchev–Trinajstić information content (AvgIpc) is 1.87. The molecular formula is C10H24N+. The molecule has 1 unspecified atom stereocenters. The Hall–Kier alpha value is -0.300. The van der Waals surface area contributed by atoms with E-state index in [9.17, 15) is 0 Å². The Morgan fingerprint density at radius 1 is 1.45 bits per heavy atom. The Balaban J connectivity index is 0. The molecule has 0 N–H and O–H groups in total. The summed E-state index contributed by atoms with van der Waals surface area (Å²) in [4.78, 5) is 0. The third kappa shape index (κ3) is 6.11. The van der Waals surface area contributed by atoms with Gasteiger partial charge in [0.15, 0.2) is 0 Å². The van der Waals surface area contributed by atoms with Gasteiger partial charge in [0.05, 0.1) is 26.8 Å². The number of rotatable bonds is 4. The van der Waals surface area contributed by atoms with Crippen LogP contribution >= 0.6 is 0 Å². The van der Waals surface area contributed by atoms with Gasteiger partial charge in [-0.2, -0.15) is 0 Å². The Kier molecular flexibility index (Phi) is 6.49. The molecule has 0 heterocycles. The van der Waals surface area contributed by atoms with Crippen LogP contribution in [0, 0.1) is 5.92 Å². The third-order valence-corrected chi connectivity index (χ3v) is 1.97. The van der Waals surface area contributed by atoms with Crippen molar-refractivity contribution in [3.8, 4) is 0 Å². The molecule has 0 radical (unpaired) electrons. The van der Waals surface area contributed by atoms with Crippen molar-refractivity contribution in [1.82, 2.24) is 0 Å². The summed E-state index contributed by atoms with van der Waals surface area (Å²) in [6.45, 7) is 9.50. The molecule has 0 saturated heterocycles. The summed E-state index contributed by atoms with van der Waals surface area (Å²) in [5, 5.41) is 0. The Morgan fingerprint density at radius 2 is 1.91 bits per heavy atom. The molecule has 0 amide bonds. The summed E-state index contributed by atoms with van der Waals surface area (Å²) in [6, 6.07) is 0. The van der Waals surface area contributed by atoms with Gasteiger partial charge in [-0.15, -0.1) is 0 Å². The van der Waals surface area contributed by atoms with Crippen molar-refractivity contribution in [2.45, 2.75) is 27.7 Å². The normalized spacial score (nSPS) is 13.5. The third-order valence-electron chi connectivity index (χ3n) is 1.97. The maximum Gasteiger partial charge on any atom is 0.0881 e. The predicted octanol–water partition coefficient (Wildman–Crippen LogP) is 2.89. The highest BCUT2D eigenvalue weighted by Gasteiger charge is 2.13. The molecule has 1 nitrogen and oxygen atoms in total. The Morgan fingerprint density at radius 3 is 2.18 bits per heavy atom. The molecule has 0 aromatic heterocycles. The highest BCUT2D eigenvalue weighted by Crippen LogP contribution is 2.07. The fraction of sp³-hybridized carbons (Fsp3) is 0.800. The maximum absolute atomic E-state index is 3.79. The minimum absolute atomic E-state index is 0. The molecule has 0 aliphatic heterocycles. The standard InChI is InChI=1S/C9H20N.CH4/c1-6-9(3)8-10(4,5)7-2;/h7,9H,2,6,8H2,1,3-5H3;1H4/q+1;. The van der Waals surface area contributed by atoms with Gasteiger partial charge in [-0.25, -0.2) is 0 Å². The molecule has 1 heteroatoms. The van der Waals surface area contributed by atoms with Crippen LogP contribution in [0.4, 0.5) is 0 Å². The molecule has 0 aliphatic rings. The van der Waals surface area contributed by atoms with Crippen molar-refractivity contribution < 1.29 is 4.48 Å². The molecule has 68 valence electrons. The van der Waals surface area contributed by atoms with E-state index in [0.29, 0.717) is 0 Å². The first-order valence-corrected chi connectivity index (χ1v) is 3.98. The minimum atomic E-state index is 0. The van der Waals surface area contributed by atoms with Crippen LogP contribution in [-0.4, -0.2) is 25.1 Å². The van der Waals surface area contributed by atoms with Crippen molar-refractivity contribution in [2.24, 2.45) is 5.92 Å².